The Morgan fingerprint density at radius 2 is 1.69 bits per heavy atom. The second-order valence-electron chi connectivity index (χ2n) is 2.39. The summed E-state index contributed by atoms with van der Waals surface area (Å²) < 4.78 is 0. The van der Waals surface area contributed by atoms with E-state index in [0.717, 1.165) is 0 Å². The lowest BCUT2D eigenvalue weighted by Crippen LogP contribution is -2.23. The Morgan fingerprint density at radius 3 is 2.06 bits per heavy atom. The van der Waals surface area contributed by atoms with Crippen LogP contribution in [-0.2, 0) is 0 Å². The van der Waals surface area contributed by atoms with Gasteiger partial charge in [0.25, 0.3) is 5.56 Å². The van der Waals surface area contributed by atoms with Crippen LogP contribution >= 0.6 is 0 Å². The molecular formula is C11H19N3O2. The minimum atomic E-state index is -0.584. The van der Waals surface area contributed by atoms with Gasteiger partial charge in [-0.05, 0) is 6.92 Å². The minimum absolute atomic E-state index is 0.339. The van der Waals surface area contributed by atoms with Gasteiger partial charge >= 0.3 is 5.69 Å². The molecule has 16 heavy (non-hydrogen) atoms. The molecule has 0 fully saturated rings. The quantitative estimate of drug-likeness (QED) is 0.762. The molecule has 5 heteroatoms. The van der Waals surface area contributed by atoms with Gasteiger partial charge in [-0.2, -0.15) is 5.26 Å². The number of nitrogens with one attached hydrogen (secondary N) is 2. The molecule has 90 valence electrons. The molecule has 0 spiro atoms. The van der Waals surface area contributed by atoms with E-state index < -0.39 is 17.2 Å². The van der Waals surface area contributed by atoms with Crippen molar-refractivity contribution in [3.8, 4) is 6.07 Å². The molecule has 0 aliphatic rings. The van der Waals surface area contributed by atoms with Gasteiger partial charge in [0.05, 0.1) is 12.0 Å². The summed E-state index contributed by atoms with van der Waals surface area (Å²) in [6.45, 7) is 9.60. The summed E-state index contributed by atoms with van der Waals surface area (Å²) in [6.07, 6.45) is 0. The van der Waals surface area contributed by atoms with Crippen LogP contribution < -0.4 is 11.2 Å². The first-order valence-electron chi connectivity index (χ1n) is 5.36. The first-order chi connectivity index (χ1) is 7.63. The number of aromatic amines is 2. The van der Waals surface area contributed by atoms with Crippen LogP contribution in [0, 0.1) is 11.3 Å². The molecule has 0 saturated carbocycles. The van der Waals surface area contributed by atoms with Gasteiger partial charge in [0, 0.05) is 11.8 Å². The zero-order valence-corrected chi connectivity index (χ0v) is 10.4. The van der Waals surface area contributed by atoms with Crippen molar-refractivity contribution in [3.05, 3.63) is 32.6 Å². The highest BCUT2D eigenvalue weighted by Gasteiger charge is 2.04. The van der Waals surface area contributed by atoms with Gasteiger partial charge < -0.3 is 4.98 Å². The number of hydrogen-bond acceptors (Lipinski definition) is 3. The Balaban J connectivity index is 0. The normalized spacial score (nSPS) is 9.75. The van der Waals surface area contributed by atoms with Crippen LogP contribution in [0.1, 0.15) is 46.2 Å². The lowest BCUT2D eigenvalue weighted by molar-refractivity contribution is 0.870. The summed E-state index contributed by atoms with van der Waals surface area (Å²) in [6, 6.07) is 3.12. The average Bonchev–Trinajstić information content (AvgIpc) is 2.32. The third-order valence-electron chi connectivity index (χ3n) is 1.44. The van der Waals surface area contributed by atoms with Crippen molar-refractivity contribution >= 4 is 0 Å². The maximum Gasteiger partial charge on any atom is 0.325 e. The van der Waals surface area contributed by atoms with Crippen molar-refractivity contribution in [2.24, 2.45) is 0 Å². The lowest BCUT2D eigenvalue weighted by atomic mass is 10.1. The summed E-state index contributed by atoms with van der Waals surface area (Å²) in [5, 5.41) is 8.49. The third kappa shape index (κ3) is 5.81. The molecule has 0 aromatic carbocycles. The van der Waals surface area contributed by atoms with E-state index in [9.17, 15) is 9.59 Å². The summed E-state index contributed by atoms with van der Waals surface area (Å²) >= 11 is 0. The molecule has 1 heterocycles. The van der Waals surface area contributed by atoms with Crippen molar-refractivity contribution in [1.29, 1.82) is 5.26 Å². The number of rotatable bonds is 1. The predicted molar refractivity (Wildman–Crippen MR) is 64.4 cm³/mol. The highest BCUT2D eigenvalue weighted by Crippen LogP contribution is 2.05. The van der Waals surface area contributed by atoms with Gasteiger partial charge in [0.2, 0.25) is 0 Å². The number of H-pyrrole nitrogens is 2. The van der Waals surface area contributed by atoms with Crippen LogP contribution in [0.3, 0.4) is 0 Å². The van der Waals surface area contributed by atoms with Gasteiger partial charge in [-0.3, -0.25) is 9.78 Å². The Bertz CT molecular complexity index is 398. The number of nitriles is 1. The molecule has 0 radical (unpaired) electrons. The lowest BCUT2D eigenvalue weighted by Gasteiger charge is -1.98. The van der Waals surface area contributed by atoms with E-state index in [1.165, 1.54) is 6.07 Å². The molecule has 1 aromatic rings. The van der Waals surface area contributed by atoms with Crippen LogP contribution in [0.15, 0.2) is 15.7 Å². The van der Waals surface area contributed by atoms with E-state index in [0.29, 0.717) is 5.69 Å². The maximum absolute atomic E-state index is 10.7. The highest BCUT2D eigenvalue weighted by molar-refractivity contribution is 5.12. The zero-order chi connectivity index (χ0) is 13.1. The molecule has 0 bridgehead atoms. The van der Waals surface area contributed by atoms with Crippen LogP contribution in [0.5, 0.6) is 0 Å². The topological polar surface area (TPSA) is 89.5 Å². The second kappa shape index (κ2) is 9.71. The van der Waals surface area contributed by atoms with Crippen molar-refractivity contribution in [2.45, 2.75) is 40.5 Å². The number of hydrogen-bond donors (Lipinski definition) is 2. The largest absolute Gasteiger partial charge is 0.325 e. The van der Waals surface area contributed by atoms with Crippen molar-refractivity contribution in [2.75, 3.05) is 0 Å². The molecule has 0 amide bonds. The zero-order valence-electron chi connectivity index (χ0n) is 10.4. The molecule has 1 unspecified atom stereocenters. The average molecular weight is 225 g/mol. The second-order valence-corrected chi connectivity index (χ2v) is 2.39. The fraction of sp³-hybridized carbons (Fsp3) is 0.545. The Kier molecular flexibility index (Phi) is 10.1. The van der Waals surface area contributed by atoms with Crippen molar-refractivity contribution in [3.63, 3.8) is 0 Å². The highest BCUT2D eigenvalue weighted by atomic mass is 16.2. The predicted octanol–water partition coefficient (Wildman–Crippen LogP) is 1.74. The van der Waals surface area contributed by atoms with E-state index >= 15 is 0 Å². The summed E-state index contributed by atoms with van der Waals surface area (Å²) in [7, 11) is 0. The molecule has 0 aliphatic heterocycles. The number of aromatic nitrogens is 2. The number of nitrogens with zero attached hydrogens (tertiary/aromatic N) is 1. The molecule has 1 rings (SSSR count). The molecule has 1 aromatic heterocycles. The monoisotopic (exact) mass is 225 g/mol. The Morgan fingerprint density at radius 1 is 1.19 bits per heavy atom. The first-order valence-corrected chi connectivity index (χ1v) is 5.36. The molecule has 1 atom stereocenters. The molecule has 0 saturated heterocycles. The summed E-state index contributed by atoms with van der Waals surface area (Å²) in [4.78, 5) is 25.8. The van der Waals surface area contributed by atoms with E-state index in [-0.39, 0.29) is 0 Å². The van der Waals surface area contributed by atoms with Crippen molar-refractivity contribution in [1.82, 2.24) is 9.97 Å². The van der Waals surface area contributed by atoms with Gasteiger partial charge in [0.15, 0.2) is 0 Å². The van der Waals surface area contributed by atoms with E-state index in [2.05, 4.69) is 4.98 Å². The summed E-state index contributed by atoms with van der Waals surface area (Å²) in [5.74, 6) is -0.472. The summed E-state index contributed by atoms with van der Waals surface area (Å²) in [5.41, 5.74) is -0.735. The minimum Gasteiger partial charge on any atom is -0.310 e. The van der Waals surface area contributed by atoms with Gasteiger partial charge in [-0.25, -0.2) is 4.79 Å². The maximum atomic E-state index is 10.7. The fourth-order valence-electron chi connectivity index (χ4n) is 0.790. The van der Waals surface area contributed by atoms with Gasteiger partial charge in [0.1, 0.15) is 0 Å². The standard InChI is InChI=1S/C7H7N3O2.2C2H6/c1-4(3-8)5-2-6(11)10-7(12)9-5;2*1-2/h2,4H,1H3,(H2,9,10,11,12);2*1-2H3. The third-order valence-corrected chi connectivity index (χ3v) is 1.44. The SMILES string of the molecule is CC.CC.CC(C#N)c1cc(=O)[nH]c(=O)[nH]1. The molecule has 2 N–H and O–H groups in total. The van der Waals surface area contributed by atoms with Crippen LogP contribution in [-0.4, -0.2) is 9.97 Å². The van der Waals surface area contributed by atoms with Crippen LogP contribution in [0.4, 0.5) is 0 Å². The Hall–Kier alpha value is -1.83. The molecule has 0 aliphatic carbocycles. The molecular weight excluding hydrogens is 206 g/mol. The smallest absolute Gasteiger partial charge is 0.310 e. The Labute approximate surface area is 95.2 Å². The van der Waals surface area contributed by atoms with Crippen LogP contribution in [0.2, 0.25) is 0 Å². The van der Waals surface area contributed by atoms with E-state index in [1.54, 1.807) is 6.92 Å². The van der Waals surface area contributed by atoms with Crippen LogP contribution in [0.25, 0.3) is 0 Å². The first kappa shape index (κ1) is 16.6. The fourth-order valence-corrected chi connectivity index (χ4v) is 0.790. The van der Waals surface area contributed by atoms with Crippen molar-refractivity contribution < 1.29 is 0 Å². The molecule has 5 nitrogen and oxygen atoms in total. The van der Waals surface area contributed by atoms with Gasteiger partial charge in [-0.1, -0.05) is 27.7 Å². The van der Waals surface area contributed by atoms with E-state index in [1.807, 2.05) is 38.7 Å². The van der Waals surface area contributed by atoms with E-state index in [4.69, 9.17) is 5.26 Å². The van der Waals surface area contributed by atoms with Gasteiger partial charge in [-0.15, -0.1) is 0 Å².